The van der Waals surface area contributed by atoms with E-state index in [2.05, 4.69) is 21.0 Å². The van der Waals surface area contributed by atoms with E-state index in [-0.39, 0.29) is 6.04 Å². The molecule has 1 aromatic rings. The van der Waals surface area contributed by atoms with E-state index in [0.29, 0.717) is 0 Å². The van der Waals surface area contributed by atoms with E-state index < -0.39 is 16.1 Å². The quantitative estimate of drug-likeness (QED) is 0.830. The van der Waals surface area contributed by atoms with Gasteiger partial charge < -0.3 is 5.32 Å². The van der Waals surface area contributed by atoms with E-state index >= 15 is 0 Å². The smallest absolute Gasteiger partial charge is 0.307 e. The van der Waals surface area contributed by atoms with E-state index in [1.807, 2.05) is 7.05 Å². The largest absolute Gasteiger partial charge is 0.333 e. The molecule has 2 amide bonds. The lowest BCUT2D eigenvalue weighted by atomic mass is 9.99. The van der Waals surface area contributed by atoms with Gasteiger partial charge in [-0.05, 0) is 87.2 Å². The molecule has 1 aliphatic heterocycles. The standard InChI is InChI=1S/C20H27N3O3S/c1-23-11-4-7-16(23)10-12-27(25,26)22-20(24)21-19-17-8-2-5-14(17)13-15-6-3-9-18(15)19/h10,12-13,16H,2-9,11H2,1H3,(H2,21,22,24)/b12-10+/t16-/m1/s1. The second-order valence-electron chi connectivity index (χ2n) is 7.85. The van der Waals surface area contributed by atoms with Crippen molar-refractivity contribution in [2.45, 2.75) is 57.4 Å². The van der Waals surface area contributed by atoms with Gasteiger partial charge in [0.25, 0.3) is 10.0 Å². The highest BCUT2D eigenvalue weighted by Crippen LogP contribution is 2.38. The van der Waals surface area contributed by atoms with Gasteiger partial charge >= 0.3 is 6.03 Å². The summed E-state index contributed by atoms with van der Waals surface area (Å²) in [7, 11) is -1.83. The predicted octanol–water partition coefficient (Wildman–Crippen LogP) is 2.72. The highest BCUT2D eigenvalue weighted by Gasteiger charge is 2.26. The third-order valence-corrected chi connectivity index (χ3v) is 6.99. The van der Waals surface area contributed by atoms with Crippen LogP contribution in [0.3, 0.4) is 0 Å². The van der Waals surface area contributed by atoms with Crippen LogP contribution in [0.4, 0.5) is 10.5 Å². The first-order valence-electron chi connectivity index (χ1n) is 9.82. The molecule has 1 heterocycles. The maximum absolute atomic E-state index is 12.4. The molecule has 1 fully saturated rings. The summed E-state index contributed by atoms with van der Waals surface area (Å²) < 4.78 is 26.7. The van der Waals surface area contributed by atoms with E-state index in [0.717, 1.165) is 69.0 Å². The second-order valence-corrected chi connectivity index (χ2v) is 9.42. The van der Waals surface area contributed by atoms with Crippen molar-refractivity contribution in [2.75, 3.05) is 18.9 Å². The number of nitrogens with zero attached hydrogens (tertiary/aromatic N) is 1. The SMILES string of the molecule is CN1CCC[C@@H]1/C=C/S(=O)(=O)NC(=O)Nc1c2c(cc3c1CCC3)CCC2. The molecule has 2 aliphatic carbocycles. The summed E-state index contributed by atoms with van der Waals surface area (Å²) in [6, 6.07) is 1.73. The molecule has 0 saturated carbocycles. The number of hydrogen-bond donors (Lipinski definition) is 2. The first kappa shape index (κ1) is 18.5. The molecule has 0 radical (unpaired) electrons. The highest BCUT2D eigenvalue weighted by atomic mass is 32.2. The zero-order chi connectivity index (χ0) is 19.0. The molecule has 3 aliphatic rings. The van der Waals surface area contributed by atoms with Crippen LogP contribution < -0.4 is 10.0 Å². The third kappa shape index (κ3) is 3.89. The minimum atomic E-state index is -3.81. The Hall–Kier alpha value is -1.86. The van der Waals surface area contributed by atoms with Gasteiger partial charge in [-0.3, -0.25) is 4.90 Å². The lowest BCUT2D eigenvalue weighted by Gasteiger charge is -2.16. The molecule has 0 spiro atoms. The maximum Gasteiger partial charge on any atom is 0.333 e. The van der Waals surface area contributed by atoms with Crippen molar-refractivity contribution in [2.24, 2.45) is 0 Å². The molecule has 7 heteroatoms. The number of fused-ring (bicyclic) bond motifs is 2. The molecule has 0 bridgehead atoms. The predicted molar refractivity (Wildman–Crippen MR) is 106 cm³/mol. The minimum Gasteiger partial charge on any atom is -0.307 e. The maximum atomic E-state index is 12.4. The molecule has 0 aromatic heterocycles. The van der Waals surface area contributed by atoms with Crippen molar-refractivity contribution < 1.29 is 13.2 Å². The van der Waals surface area contributed by atoms with Crippen LogP contribution in [0, 0.1) is 0 Å². The van der Waals surface area contributed by atoms with E-state index in [9.17, 15) is 13.2 Å². The molecule has 6 nitrogen and oxygen atoms in total. The van der Waals surface area contributed by atoms with Gasteiger partial charge in [-0.25, -0.2) is 17.9 Å². The molecular formula is C20H27N3O3S. The Morgan fingerprint density at radius 1 is 1.11 bits per heavy atom. The van der Waals surface area contributed by atoms with Gasteiger partial charge in [0.05, 0.1) is 0 Å². The highest BCUT2D eigenvalue weighted by molar-refractivity contribution is 7.92. The average Bonchev–Trinajstić information content (AvgIpc) is 3.32. The lowest BCUT2D eigenvalue weighted by molar-refractivity contribution is 0.256. The number of hydrogen-bond acceptors (Lipinski definition) is 4. The van der Waals surface area contributed by atoms with Gasteiger partial charge in [-0.1, -0.05) is 12.1 Å². The number of amides is 2. The number of sulfonamides is 1. The van der Waals surface area contributed by atoms with Crippen LogP contribution in [0.15, 0.2) is 17.6 Å². The number of urea groups is 1. The van der Waals surface area contributed by atoms with Gasteiger partial charge in [0.2, 0.25) is 0 Å². The zero-order valence-electron chi connectivity index (χ0n) is 15.8. The number of carbonyl (C=O) groups is 1. The van der Waals surface area contributed by atoms with Crippen LogP contribution in [-0.2, 0) is 35.7 Å². The van der Waals surface area contributed by atoms with E-state index in [1.54, 1.807) is 6.08 Å². The Kier molecular flexibility index (Phi) is 4.99. The van der Waals surface area contributed by atoms with Crippen LogP contribution >= 0.6 is 0 Å². The number of likely N-dealkylation sites (tertiary alicyclic amines) is 1. The summed E-state index contributed by atoms with van der Waals surface area (Å²) in [6.07, 6.45) is 9.80. The molecule has 1 saturated heterocycles. The second kappa shape index (κ2) is 7.28. The summed E-state index contributed by atoms with van der Waals surface area (Å²) in [4.78, 5) is 14.6. The number of carbonyl (C=O) groups excluding carboxylic acids is 1. The Bertz CT molecular complexity index is 860. The fraction of sp³-hybridized carbons (Fsp3) is 0.550. The van der Waals surface area contributed by atoms with Gasteiger partial charge in [0.1, 0.15) is 0 Å². The Labute approximate surface area is 161 Å². The Morgan fingerprint density at radius 2 is 1.78 bits per heavy atom. The fourth-order valence-electron chi connectivity index (χ4n) is 4.64. The molecule has 2 N–H and O–H groups in total. The van der Waals surface area contributed by atoms with E-state index in [1.165, 1.54) is 22.3 Å². The molecular weight excluding hydrogens is 362 g/mol. The summed E-state index contributed by atoms with van der Waals surface area (Å²) in [5.74, 6) is 0. The molecule has 4 rings (SSSR count). The number of nitrogens with one attached hydrogen (secondary N) is 2. The minimum absolute atomic E-state index is 0.116. The number of benzene rings is 1. The first-order chi connectivity index (χ1) is 12.9. The molecule has 1 atom stereocenters. The van der Waals surface area contributed by atoms with Crippen molar-refractivity contribution in [3.05, 3.63) is 39.8 Å². The molecule has 0 unspecified atom stereocenters. The number of anilines is 1. The van der Waals surface area contributed by atoms with Gasteiger partial charge in [0.15, 0.2) is 0 Å². The molecule has 1 aromatic carbocycles. The fourth-order valence-corrected chi connectivity index (χ4v) is 5.41. The van der Waals surface area contributed by atoms with Crippen molar-refractivity contribution in [1.29, 1.82) is 0 Å². The van der Waals surface area contributed by atoms with E-state index in [4.69, 9.17) is 0 Å². The molecule has 27 heavy (non-hydrogen) atoms. The van der Waals surface area contributed by atoms with Crippen LogP contribution in [0.1, 0.15) is 47.9 Å². The Balaban J connectivity index is 1.48. The van der Waals surface area contributed by atoms with Crippen LogP contribution in [-0.4, -0.2) is 39.0 Å². The summed E-state index contributed by atoms with van der Waals surface area (Å²) in [5.41, 5.74) is 5.83. The first-order valence-corrected chi connectivity index (χ1v) is 11.4. The zero-order valence-corrected chi connectivity index (χ0v) is 16.6. The summed E-state index contributed by atoms with van der Waals surface area (Å²) in [5, 5.41) is 3.99. The normalized spacial score (nSPS) is 22.2. The van der Waals surface area contributed by atoms with Crippen molar-refractivity contribution in [1.82, 2.24) is 9.62 Å². The average molecular weight is 390 g/mol. The van der Waals surface area contributed by atoms with Gasteiger partial charge in [-0.15, -0.1) is 0 Å². The summed E-state index contributed by atoms with van der Waals surface area (Å²) >= 11 is 0. The van der Waals surface area contributed by atoms with Crippen LogP contribution in [0.25, 0.3) is 0 Å². The summed E-state index contributed by atoms with van der Waals surface area (Å²) in [6.45, 7) is 0.965. The van der Waals surface area contributed by atoms with Crippen molar-refractivity contribution in [3.8, 4) is 0 Å². The Morgan fingerprint density at radius 3 is 2.37 bits per heavy atom. The number of aryl methyl sites for hydroxylation is 2. The van der Waals surface area contributed by atoms with Crippen molar-refractivity contribution in [3.63, 3.8) is 0 Å². The van der Waals surface area contributed by atoms with Gasteiger partial charge in [0, 0.05) is 17.1 Å². The lowest BCUT2D eigenvalue weighted by Crippen LogP contribution is -2.34. The molecule has 146 valence electrons. The monoisotopic (exact) mass is 389 g/mol. The van der Waals surface area contributed by atoms with Crippen molar-refractivity contribution >= 4 is 21.7 Å². The van der Waals surface area contributed by atoms with Crippen LogP contribution in [0.2, 0.25) is 0 Å². The number of rotatable bonds is 4. The number of likely N-dealkylation sites (N-methyl/N-ethyl adjacent to an activating group) is 1. The third-order valence-electron chi connectivity index (χ3n) is 6.00. The van der Waals surface area contributed by atoms with Gasteiger partial charge in [-0.2, -0.15) is 0 Å². The topological polar surface area (TPSA) is 78.5 Å². The van der Waals surface area contributed by atoms with Crippen LogP contribution in [0.5, 0.6) is 0 Å².